The minimum Gasteiger partial charge on any atom is -0.229 e. The largest absolute Gasteiger partial charge is 0.271 e. The molecule has 0 N–H and O–H groups in total. The summed E-state index contributed by atoms with van der Waals surface area (Å²) in [5.41, 5.74) is 0. The zero-order valence-corrected chi connectivity index (χ0v) is 16.5. The standard InChI is InChI=1S/C11H17BrNO4S4/c1-11-8(6-21(16,17)9(11)12)18-10(19-11)13(2)7-3-4-20(14,15)5-7/h7-9H,3-6H2,1-2H3/q+1/t7-,8-,9-,11-/m1/s1. The molecule has 0 spiro atoms. The maximum absolute atomic E-state index is 12.0. The summed E-state index contributed by atoms with van der Waals surface area (Å²) in [5, 5.41) is 0.0207. The number of alkyl halides is 1. The Morgan fingerprint density at radius 2 is 1.95 bits per heavy atom. The number of rotatable bonds is 1. The van der Waals surface area contributed by atoms with Gasteiger partial charge in [0.25, 0.3) is 4.38 Å². The molecule has 10 heteroatoms. The van der Waals surface area contributed by atoms with Crippen molar-refractivity contribution >= 4 is 63.5 Å². The van der Waals surface area contributed by atoms with Gasteiger partial charge in [-0.2, -0.15) is 0 Å². The van der Waals surface area contributed by atoms with Crippen LogP contribution in [-0.4, -0.2) is 70.3 Å². The van der Waals surface area contributed by atoms with Crippen LogP contribution in [0.25, 0.3) is 0 Å². The fourth-order valence-corrected chi connectivity index (χ4v) is 12.7. The summed E-state index contributed by atoms with van der Waals surface area (Å²) in [6.07, 6.45) is 0.654. The lowest BCUT2D eigenvalue weighted by Crippen LogP contribution is -2.34. The van der Waals surface area contributed by atoms with E-state index in [9.17, 15) is 16.8 Å². The summed E-state index contributed by atoms with van der Waals surface area (Å²) >= 11 is 6.51. The Labute approximate surface area is 142 Å². The number of hydrogen-bond donors (Lipinski definition) is 0. The van der Waals surface area contributed by atoms with Crippen LogP contribution in [0.5, 0.6) is 0 Å². The first-order chi connectivity index (χ1) is 9.55. The quantitative estimate of drug-likeness (QED) is 0.451. The molecule has 3 heterocycles. The molecule has 0 saturated carbocycles. The van der Waals surface area contributed by atoms with Gasteiger partial charge in [-0.1, -0.05) is 15.9 Å². The van der Waals surface area contributed by atoms with Crippen molar-refractivity contribution in [3.05, 3.63) is 0 Å². The highest BCUT2D eigenvalue weighted by molar-refractivity contribution is 9.11. The van der Waals surface area contributed by atoms with E-state index in [-0.39, 0.29) is 33.3 Å². The van der Waals surface area contributed by atoms with E-state index in [1.165, 1.54) is 0 Å². The first-order valence-corrected chi connectivity index (χ1v) is 12.7. The van der Waals surface area contributed by atoms with E-state index in [4.69, 9.17) is 0 Å². The lowest BCUT2D eigenvalue weighted by Gasteiger charge is -2.21. The number of fused-ring (bicyclic) bond motifs is 1. The Morgan fingerprint density at radius 1 is 1.29 bits per heavy atom. The monoisotopic (exact) mass is 434 g/mol. The van der Waals surface area contributed by atoms with Gasteiger partial charge in [0.1, 0.15) is 17.0 Å². The summed E-state index contributed by atoms with van der Waals surface area (Å²) in [7, 11) is -4.07. The Balaban J connectivity index is 1.87. The van der Waals surface area contributed by atoms with Gasteiger partial charge in [0.2, 0.25) is 0 Å². The molecule has 0 aromatic heterocycles. The summed E-state index contributed by atoms with van der Waals surface area (Å²) < 4.78 is 49.4. The molecule has 0 unspecified atom stereocenters. The highest BCUT2D eigenvalue weighted by atomic mass is 79.9. The van der Waals surface area contributed by atoms with Gasteiger partial charge in [0.05, 0.1) is 16.3 Å². The van der Waals surface area contributed by atoms with Gasteiger partial charge in [-0.25, -0.2) is 21.4 Å². The molecule has 120 valence electrons. The molecule has 3 aliphatic heterocycles. The summed E-state index contributed by atoms with van der Waals surface area (Å²) in [6, 6.07) is 0.0119. The SMILES string of the molecule is C[N+](=C1S[C@@H]2CS(=O)(=O)[C@@H](Br)[C@]2(C)S1)[C@@H]1CCS(=O)(=O)C1. The average molecular weight is 435 g/mol. The van der Waals surface area contributed by atoms with Gasteiger partial charge in [0.15, 0.2) is 25.7 Å². The minimum absolute atomic E-state index is 0.0119. The van der Waals surface area contributed by atoms with Crippen molar-refractivity contribution in [2.45, 2.75) is 33.5 Å². The second kappa shape index (κ2) is 5.12. The van der Waals surface area contributed by atoms with Crippen molar-refractivity contribution in [2.75, 3.05) is 24.3 Å². The van der Waals surface area contributed by atoms with Gasteiger partial charge < -0.3 is 0 Å². The Kier molecular flexibility index (Phi) is 4.05. The minimum atomic E-state index is -3.08. The third kappa shape index (κ3) is 2.72. The summed E-state index contributed by atoms with van der Waals surface area (Å²) in [5.74, 6) is 0.629. The van der Waals surface area contributed by atoms with E-state index < -0.39 is 23.8 Å². The molecule has 0 radical (unpaired) electrons. The smallest absolute Gasteiger partial charge is 0.229 e. The van der Waals surface area contributed by atoms with Crippen LogP contribution < -0.4 is 0 Å². The summed E-state index contributed by atoms with van der Waals surface area (Å²) in [4.78, 5) is 0. The lowest BCUT2D eigenvalue weighted by molar-refractivity contribution is -0.526. The number of nitrogens with zero attached hydrogens (tertiary/aromatic N) is 1. The third-order valence-corrected chi connectivity index (χ3v) is 14.9. The molecule has 0 aromatic carbocycles. The van der Waals surface area contributed by atoms with Crippen molar-refractivity contribution in [3.8, 4) is 0 Å². The van der Waals surface area contributed by atoms with Crippen LogP contribution in [0.3, 0.4) is 0 Å². The molecule has 5 nitrogen and oxygen atoms in total. The van der Waals surface area contributed by atoms with E-state index in [0.29, 0.717) is 6.42 Å². The first-order valence-electron chi connectivity index (χ1n) is 6.57. The number of thioether (sulfide) groups is 2. The second-order valence-corrected chi connectivity index (χ2v) is 14.8. The molecule has 3 aliphatic rings. The molecule has 3 fully saturated rings. The van der Waals surface area contributed by atoms with E-state index in [2.05, 4.69) is 15.9 Å². The van der Waals surface area contributed by atoms with Gasteiger partial charge >= 0.3 is 0 Å². The zero-order valence-electron chi connectivity index (χ0n) is 11.7. The highest BCUT2D eigenvalue weighted by Crippen LogP contribution is 2.57. The van der Waals surface area contributed by atoms with E-state index in [1.807, 2.05) is 18.5 Å². The Morgan fingerprint density at radius 3 is 2.48 bits per heavy atom. The van der Waals surface area contributed by atoms with Crippen LogP contribution in [0.2, 0.25) is 0 Å². The van der Waals surface area contributed by atoms with Crippen molar-refractivity contribution in [1.29, 1.82) is 0 Å². The van der Waals surface area contributed by atoms with E-state index in [0.717, 1.165) is 4.38 Å². The maximum Gasteiger partial charge on any atom is 0.271 e. The number of halogens is 1. The topological polar surface area (TPSA) is 71.3 Å². The van der Waals surface area contributed by atoms with Crippen LogP contribution in [0, 0.1) is 0 Å². The predicted molar refractivity (Wildman–Crippen MR) is 92.1 cm³/mol. The molecular formula is C11H17BrNO4S4+. The normalized spacial score (nSPS) is 46.5. The molecule has 0 bridgehead atoms. The van der Waals surface area contributed by atoms with Crippen molar-refractivity contribution in [1.82, 2.24) is 0 Å². The zero-order chi connectivity index (χ0) is 15.6. The Hall–Kier alpha value is 0.750. The molecule has 0 aliphatic carbocycles. The van der Waals surface area contributed by atoms with E-state index >= 15 is 0 Å². The van der Waals surface area contributed by atoms with Crippen LogP contribution in [0.15, 0.2) is 0 Å². The van der Waals surface area contributed by atoms with E-state index in [1.54, 1.807) is 23.5 Å². The third-order valence-electron chi connectivity index (χ3n) is 4.38. The predicted octanol–water partition coefficient (Wildman–Crippen LogP) is 0.929. The molecule has 0 aromatic rings. The Bertz CT molecular complexity index is 717. The van der Waals surface area contributed by atoms with Gasteiger partial charge in [-0.15, -0.1) is 0 Å². The molecule has 3 rings (SSSR count). The van der Waals surface area contributed by atoms with Crippen molar-refractivity contribution < 1.29 is 21.4 Å². The second-order valence-electron chi connectivity index (χ2n) is 5.97. The highest BCUT2D eigenvalue weighted by Gasteiger charge is 2.62. The van der Waals surface area contributed by atoms with Crippen LogP contribution in [-0.2, 0) is 19.7 Å². The van der Waals surface area contributed by atoms with Crippen molar-refractivity contribution in [2.24, 2.45) is 0 Å². The van der Waals surface area contributed by atoms with Crippen LogP contribution in [0.4, 0.5) is 0 Å². The van der Waals surface area contributed by atoms with Gasteiger partial charge in [-0.3, -0.25) is 0 Å². The summed E-state index contributed by atoms with van der Waals surface area (Å²) in [6.45, 7) is 1.98. The molecule has 21 heavy (non-hydrogen) atoms. The molecular weight excluding hydrogens is 418 g/mol. The fraction of sp³-hybridized carbons (Fsp3) is 0.909. The molecule has 3 saturated heterocycles. The van der Waals surface area contributed by atoms with Gasteiger partial charge in [0, 0.05) is 11.7 Å². The number of sulfone groups is 2. The lowest BCUT2D eigenvalue weighted by atomic mass is 10.1. The fourth-order valence-electron chi connectivity index (χ4n) is 2.95. The van der Waals surface area contributed by atoms with Crippen molar-refractivity contribution in [3.63, 3.8) is 0 Å². The van der Waals surface area contributed by atoms with Gasteiger partial charge in [-0.05, 0) is 30.4 Å². The molecule has 4 atom stereocenters. The first kappa shape index (κ1) is 16.6. The molecule has 0 amide bonds. The van der Waals surface area contributed by atoms with Crippen LogP contribution >= 0.6 is 39.5 Å². The number of hydrogen-bond acceptors (Lipinski definition) is 6. The maximum atomic E-state index is 12.0. The van der Waals surface area contributed by atoms with Crippen LogP contribution in [0.1, 0.15) is 13.3 Å². The average Bonchev–Trinajstić information content (AvgIpc) is 2.93.